The fourth-order valence-corrected chi connectivity index (χ4v) is 0.271. The molecule has 0 unspecified atom stereocenters. The van der Waals surface area contributed by atoms with E-state index in [0.717, 1.165) is 0 Å². The van der Waals surface area contributed by atoms with Crippen LogP contribution >= 0.6 is 0 Å². The van der Waals surface area contributed by atoms with E-state index in [1.54, 1.807) is 0 Å². The molecule has 0 bridgehead atoms. The zero-order valence-electron chi connectivity index (χ0n) is 6.03. The maximum absolute atomic E-state index is 9.74. The van der Waals surface area contributed by atoms with E-state index >= 15 is 0 Å². The summed E-state index contributed by atoms with van der Waals surface area (Å²) >= 11 is 0. The van der Waals surface area contributed by atoms with Gasteiger partial charge in [-0.3, -0.25) is 4.79 Å². The maximum atomic E-state index is 9.74. The average molecular weight is 189 g/mol. The van der Waals surface area contributed by atoms with Gasteiger partial charge in [0.25, 0.3) is 0 Å². The molecule has 0 aliphatic carbocycles. The first-order valence-electron chi connectivity index (χ1n) is 2.22. The Morgan fingerprint density at radius 1 is 1.55 bits per heavy atom. The van der Waals surface area contributed by atoms with Gasteiger partial charge >= 0.3 is 57.4 Å². The zero-order valence-corrected chi connectivity index (χ0v) is 9.16. The average Bonchev–Trinajstić information content (AvgIpc) is 1.63. The minimum atomic E-state index is -1.54. The summed E-state index contributed by atoms with van der Waals surface area (Å²) in [5, 5.41) is 17.7. The van der Waals surface area contributed by atoms with Gasteiger partial charge in [-0.1, -0.05) is 0 Å². The van der Waals surface area contributed by atoms with Crippen LogP contribution < -0.4 is 62.2 Å². The summed E-state index contributed by atoms with van der Waals surface area (Å²) in [5.41, 5.74) is 4.77. The van der Waals surface area contributed by atoms with Crippen molar-refractivity contribution < 1.29 is 76.7 Å². The molecule has 0 amide bonds. The van der Waals surface area contributed by atoms with Crippen molar-refractivity contribution in [2.24, 2.45) is 5.73 Å². The smallest absolute Gasteiger partial charge is 0.548 e. The fourth-order valence-electron chi connectivity index (χ4n) is 0.271. The third-order valence-corrected chi connectivity index (χ3v) is 0.697. The minimum absolute atomic E-state index is 0. The molecule has 0 saturated carbocycles. The van der Waals surface area contributed by atoms with E-state index in [2.05, 4.69) is 0 Å². The molecule has 6 nitrogen and oxygen atoms in total. The van der Waals surface area contributed by atoms with Crippen LogP contribution in [0, 0.1) is 0 Å². The van der Waals surface area contributed by atoms with Crippen molar-refractivity contribution in [3.63, 3.8) is 0 Å². The van der Waals surface area contributed by atoms with Crippen molar-refractivity contribution in [3.8, 4) is 0 Å². The Morgan fingerprint density at radius 2 is 1.91 bits per heavy atom. The minimum Gasteiger partial charge on any atom is -0.548 e. The second-order valence-corrected chi connectivity index (χ2v) is 1.52. The van der Waals surface area contributed by atoms with Crippen LogP contribution in [-0.4, -0.2) is 28.6 Å². The Kier molecular flexibility index (Phi) is 13.7. The van der Waals surface area contributed by atoms with Gasteiger partial charge in [0.05, 0.1) is 18.4 Å². The van der Waals surface area contributed by atoms with Crippen LogP contribution in [0.1, 0.15) is 6.42 Å². The first kappa shape index (κ1) is 17.5. The van der Waals surface area contributed by atoms with Gasteiger partial charge in [0.15, 0.2) is 0 Å². The number of carbonyl (C=O) groups is 2. The van der Waals surface area contributed by atoms with Gasteiger partial charge in [0.2, 0.25) is 0 Å². The van der Waals surface area contributed by atoms with Crippen LogP contribution in [0.25, 0.3) is 0 Å². The normalized spacial score (nSPS) is 10.3. The van der Waals surface area contributed by atoms with Crippen molar-refractivity contribution in [1.29, 1.82) is 0 Å². The molecule has 1 atom stereocenters. The van der Waals surface area contributed by atoms with Crippen molar-refractivity contribution in [2.45, 2.75) is 12.5 Å². The fraction of sp³-hybridized carbons (Fsp3) is 0.500. The predicted molar refractivity (Wildman–Crippen MR) is 28.8 cm³/mol. The monoisotopic (exact) mass is 189 g/mol. The zero-order chi connectivity index (χ0) is 7.44. The van der Waals surface area contributed by atoms with Crippen molar-refractivity contribution >= 4 is 11.9 Å². The predicted octanol–water partition coefficient (Wildman–Crippen LogP) is -6.28. The molecule has 0 rings (SSSR count). The van der Waals surface area contributed by atoms with E-state index in [1.165, 1.54) is 0 Å². The Bertz CT molecular complexity index is 138. The summed E-state index contributed by atoms with van der Waals surface area (Å²) in [6.45, 7) is 0. The van der Waals surface area contributed by atoms with Gasteiger partial charge in [-0.2, -0.15) is 0 Å². The Balaban J connectivity index is -0.000000320. The summed E-state index contributed by atoms with van der Waals surface area (Å²) in [7, 11) is 0. The summed E-state index contributed by atoms with van der Waals surface area (Å²) in [6, 6.07) is -1.40. The molecule has 5 N–H and O–H groups in total. The summed E-state index contributed by atoms with van der Waals surface area (Å²) in [6.07, 6.45) is -0.595. The van der Waals surface area contributed by atoms with Crippen LogP contribution in [0.5, 0.6) is 0 Å². The number of aliphatic carboxylic acids is 2. The topological polar surface area (TPSA) is 135 Å². The molecule has 7 heteroatoms. The van der Waals surface area contributed by atoms with E-state index < -0.39 is 24.4 Å². The largest absolute Gasteiger partial charge is 1.00 e. The van der Waals surface area contributed by atoms with Crippen molar-refractivity contribution in [2.75, 3.05) is 0 Å². The molecule has 0 aliphatic heterocycles. The molecule has 60 valence electrons. The molecule has 0 saturated heterocycles. The number of nitrogens with two attached hydrogens (primary N) is 1. The van der Waals surface area contributed by atoms with Crippen molar-refractivity contribution in [3.05, 3.63) is 0 Å². The third kappa shape index (κ3) is 10.5. The molecule has 0 heterocycles. The van der Waals surface area contributed by atoms with E-state index in [4.69, 9.17) is 10.8 Å². The second kappa shape index (κ2) is 8.59. The number of hydrogen-bond donors (Lipinski definition) is 2. The second-order valence-electron chi connectivity index (χ2n) is 1.52. The number of rotatable bonds is 3. The first-order valence-corrected chi connectivity index (χ1v) is 2.22. The van der Waals surface area contributed by atoms with E-state index in [-0.39, 0.29) is 56.9 Å². The van der Waals surface area contributed by atoms with Crippen LogP contribution in [-0.2, 0) is 9.59 Å². The van der Waals surface area contributed by atoms with Gasteiger partial charge < -0.3 is 26.2 Å². The van der Waals surface area contributed by atoms with Gasteiger partial charge in [-0.05, 0) is 0 Å². The number of carboxylic acid groups (broad SMARTS) is 2. The molecule has 0 radical (unpaired) electrons. The molecule has 0 aromatic heterocycles. The first-order chi connectivity index (χ1) is 4.04. The molecule has 0 aliphatic rings. The third-order valence-electron chi connectivity index (χ3n) is 0.697. The Hall–Kier alpha value is 0.496. The standard InChI is InChI=1S/C4H7NO4.K.H2O/c5-2(4(8)9)1-3(6)7;;/h2H,1,5H2,(H,6,7)(H,8,9);;1H2/q;+1;/p-1/t2-;;/m0../s1. The summed E-state index contributed by atoms with van der Waals surface area (Å²) < 4.78 is 0. The van der Waals surface area contributed by atoms with Crippen LogP contribution in [0.2, 0.25) is 0 Å². The van der Waals surface area contributed by atoms with E-state index in [0.29, 0.717) is 0 Å². The van der Waals surface area contributed by atoms with Gasteiger partial charge in [-0.25, -0.2) is 0 Å². The van der Waals surface area contributed by atoms with E-state index in [9.17, 15) is 14.7 Å². The van der Waals surface area contributed by atoms with Gasteiger partial charge in [-0.15, -0.1) is 0 Å². The molecule has 0 spiro atoms. The van der Waals surface area contributed by atoms with E-state index in [1.807, 2.05) is 0 Å². The van der Waals surface area contributed by atoms with Crippen LogP contribution in [0.15, 0.2) is 0 Å². The molecule has 11 heavy (non-hydrogen) atoms. The van der Waals surface area contributed by atoms with Gasteiger partial charge in [0.1, 0.15) is 0 Å². The molecule has 0 aromatic carbocycles. The number of carboxylic acids is 2. The van der Waals surface area contributed by atoms with Gasteiger partial charge in [0, 0.05) is 0 Å². The van der Waals surface area contributed by atoms with Crippen LogP contribution in [0.3, 0.4) is 0 Å². The number of hydrogen-bond acceptors (Lipinski definition) is 4. The van der Waals surface area contributed by atoms with Crippen LogP contribution in [0.4, 0.5) is 0 Å². The Labute approximate surface area is 105 Å². The quantitative estimate of drug-likeness (QED) is 0.426. The SMILES string of the molecule is N[C@@H](CC(=O)O)C(=O)[O-].O.[K+]. The number of carbonyl (C=O) groups excluding carboxylic acids is 1. The van der Waals surface area contributed by atoms with Crippen molar-refractivity contribution in [1.82, 2.24) is 0 Å². The summed E-state index contributed by atoms with van der Waals surface area (Å²) in [4.78, 5) is 19.5. The molecular weight excluding hydrogens is 181 g/mol. The Morgan fingerprint density at radius 3 is 2.00 bits per heavy atom. The molecule has 0 aromatic rings. The molecule has 0 fully saturated rings. The maximum Gasteiger partial charge on any atom is 1.00 e. The summed E-state index contributed by atoms with van der Waals surface area (Å²) in [5.74, 6) is -2.79. The molecular formula is C4H8KNO5.